The Morgan fingerprint density at radius 1 is 0.757 bits per heavy atom. The standard InChI is InChI=1S/C30H37F6N/c1-4-24(37(21(2)3)19-14-22-8-6-5-7-9-22)12-10-23-11-13-25(27(15-16-27)29(31,32)33)26(20-23)28(17-18-28)30(34,35)36/h5-9,11,13,20-21,24H,4,10,12,14-19H2,1-3H3. The van der Waals surface area contributed by atoms with E-state index in [9.17, 15) is 26.3 Å². The average molecular weight is 526 g/mol. The van der Waals surface area contributed by atoms with Crippen LogP contribution in [0.2, 0.25) is 0 Å². The monoisotopic (exact) mass is 525 g/mol. The lowest BCUT2D eigenvalue weighted by molar-refractivity contribution is -0.167. The fourth-order valence-corrected chi connectivity index (χ4v) is 5.92. The molecule has 2 aromatic rings. The van der Waals surface area contributed by atoms with Crippen LogP contribution in [0.4, 0.5) is 26.3 Å². The molecule has 0 saturated heterocycles. The van der Waals surface area contributed by atoms with Crippen molar-refractivity contribution < 1.29 is 26.3 Å². The molecule has 0 amide bonds. The number of hydrogen-bond acceptors (Lipinski definition) is 1. The number of alkyl halides is 6. The number of rotatable bonds is 11. The van der Waals surface area contributed by atoms with E-state index in [-0.39, 0.29) is 42.9 Å². The fourth-order valence-electron chi connectivity index (χ4n) is 5.92. The molecule has 0 aromatic heterocycles. The Labute approximate surface area is 216 Å². The molecular weight excluding hydrogens is 488 g/mol. The van der Waals surface area contributed by atoms with E-state index in [2.05, 4.69) is 37.8 Å². The highest BCUT2D eigenvalue weighted by Crippen LogP contribution is 2.66. The first-order valence-corrected chi connectivity index (χ1v) is 13.4. The van der Waals surface area contributed by atoms with Crippen LogP contribution in [0.3, 0.4) is 0 Å². The van der Waals surface area contributed by atoms with E-state index in [1.807, 2.05) is 18.2 Å². The summed E-state index contributed by atoms with van der Waals surface area (Å²) in [5.74, 6) is 0. The van der Waals surface area contributed by atoms with Gasteiger partial charge in [0.25, 0.3) is 0 Å². The highest BCUT2D eigenvalue weighted by atomic mass is 19.4. The van der Waals surface area contributed by atoms with Crippen molar-refractivity contribution in [2.75, 3.05) is 6.54 Å². The van der Waals surface area contributed by atoms with Crippen molar-refractivity contribution in [3.05, 3.63) is 70.8 Å². The highest BCUT2D eigenvalue weighted by Gasteiger charge is 2.70. The van der Waals surface area contributed by atoms with Crippen LogP contribution < -0.4 is 0 Å². The van der Waals surface area contributed by atoms with E-state index in [4.69, 9.17) is 0 Å². The van der Waals surface area contributed by atoms with Crippen molar-refractivity contribution >= 4 is 0 Å². The minimum absolute atomic E-state index is 0.134. The summed E-state index contributed by atoms with van der Waals surface area (Å²) in [6, 6.07) is 15.2. The van der Waals surface area contributed by atoms with Gasteiger partial charge in [-0.2, -0.15) is 26.3 Å². The molecule has 204 valence electrons. The lowest BCUT2D eigenvalue weighted by Gasteiger charge is -2.35. The minimum atomic E-state index is -4.56. The fraction of sp³-hybridized carbons (Fsp3) is 0.600. The van der Waals surface area contributed by atoms with Crippen molar-refractivity contribution in [2.24, 2.45) is 0 Å². The van der Waals surface area contributed by atoms with E-state index >= 15 is 0 Å². The van der Waals surface area contributed by atoms with Gasteiger partial charge < -0.3 is 0 Å². The zero-order valence-electron chi connectivity index (χ0n) is 21.9. The van der Waals surface area contributed by atoms with Crippen molar-refractivity contribution in [1.29, 1.82) is 0 Å². The molecule has 2 aliphatic rings. The van der Waals surface area contributed by atoms with Crippen molar-refractivity contribution in [2.45, 2.75) is 107 Å². The van der Waals surface area contributed by atoms with Crippen LogP contribution in [-0.2, 0) is 23.7 Å². The Balaban J connectivity index is 1.56. The molecule has 2 aliphatic carbocycles. The Morgan fingerprint density at radius 2 is 1.32 bits per heavy atom. The normalized spacial score (nSPS) is 19.3. The van der Waals surface area contributed by atoms with E-state index in [1.54, 1.807) is 6.07 Å². The summed E-state index contributed by atoms with van der Waals surface area (Å²) in [6.07, 6.45) is -6.59. The molecule has 0 heterocycles. The van der Waals surface area contributed by atoms with E-state index in [0.717, 1.165) is 25.8 Å². The molecule has 0 spiro atoms. The first-order chi connectivity index (χ1) is 17.3. The van der Waals surface area contributed by atoms with Crippen molar-refractivity contribution in [1.82, 2.24) is 4.90 Å². The maximum absolute atomic E-state index is 14.1. The van der Waals surface area contributed by atoms with Crippen LogP contribution in [0.15, 0.2) is 48.5 Å². The molecule has 1 atom stereocenters. The molecule has 2 fully saturated rings. The molecule has 4 rings (SSSR count). The SMILES string of the molecule is CCC(CCc1ccc(C2(C(F)(F)F)CC2)c(C2(C(F)(F)F)CC2)c1)N(CCc1ccccc1)C(C)C. The second kappa shape index (κ2) is 10.3. The smallest absolute Gasteiger partial charge is 0.298 e. The van der Waals surface area contributed by atoms with Gasteiger partial charge in [0.15, 0.2) is 0 Å². The van der Waals surface area contributed by atoms with Gasteiger partial charge in [0.1, 0.15) is 0 Å². The summed E-state index contributed by atoms with van der Waals surface area (Å²) in [7, 11) is 0. The summed E-state index contributed by atoms with van der Waals surface area (Å²) in [4.78, 5) is 2.43. The molecule has 2 aromatic carbocycles. The highest BCUT2D eigenvalue weighted by molar-refractivity contribution is 5.50. The van der Waals surface area contributed by atoms with Gasteiger partial charge in [-0.25, -0.2) is 0 Å². The maximum Gasteiger partial charge on any atom is 0.398 e. The first-order valence-electron chi connectivity index (χ1n) is 13.4. The molecule has 7 heteroatoms. The van der Waals surface area contributed by atoms with E-state index in [1.165, 1.54) is 17.7 Å². The van der Waals surface area contributed by atoms with Gasteiger partial charge in [0, 0.05) is 18.6 Å². The topological polar surface area (TPSA) is 3.24 Å². The second-order valence-electron chi connectivity index (χ2n) is 11.2. The van der Waals surface area contributed by atoms with E-state index in [0.29, 0.717) is 18.0 Å². The van der Waals surface area contributed by atoms with Crippen LogP contribution >= 0.6 is 0 Å². The Hall–Kier alpha value is -2.02. The first kappa shape index (κ1) is 28.0. The zero-order valence-corrected chi connectivity index (χ0v) is 21.9. The molecule has 0 N–H and O–H groups in total. The third kappa shape index (κ3) is 5.57. The molecule has 0 aliphatic heterocycles. The number of benzene rings is 2. The molecule has 2 saturated carbocycles. The van der Waals surface area contributed by atoms with Gasteiger partial charge in [0.05, 0.1) is 10.8 Å². The van der Waals surface area contributed by atoms with Gasteiger partial charge in [-0.3, -0.25) is 4.90 Å². The third-order valence-corrected chi connectivity index (χ3v) is 8.57. The van der Waals surface area contributed by atoms with Crippen LogP contribution in [0.5, 0.6) is 0 Å². The van der Waals surface area contributed by atoms with E-state index < -0.39 is 23.2 Å². The zero-order chi connectivity index (χ0) is 27.1. The lowest BCUT2D eigenvalue weighted by Crippen LogP contribution is -2.41. The van der Waals surface area contributed by atoms with Gasteiger partial charge in [-0.1, -0.05) is 55.5 Å². The van der Waals surface area contributed by atoms with Crippen LogP contribution in [-0.4, -0.2) is 35.9 Å². The maximum atomic E-state index is 14.1. The molecular formula is C30H37F6N. The molecule has 1 unspecified atom stereocenters. The van der Waals surface area contributed by atoms with Gasteiger partial charge in [-0.15, -0.1) is 0 Å². The quantitative estimate of drug-likeness (QED) is 0.266. The summed E-state index contributed by atoms with van der Waals surface area (Å²) >= 11 is 0. The Bertz CT molecular complexity index is 1050. The molecule has 37 heavy (non-hydrogen) atoms. The second-order valence-corrected chi connectivity index (χ2v) is 11.2. The van der Waals surface area contributed by atoms with Crippen molar-refractivity contribution in [3.63, 3.8) is 0 Å². The third-order valence-electron chi connectivity index (χ3n) is 8.57. The summed E-state index contributed by atoms with van der Waals surface area (Å²) in [5, 5.41) is 0. The van der Waals surface area contributed by atoms with Crippen LogP contribution in [0.25, 0.3) is 0 Å². The predicted octanol–water partition coefficient (Wildman–Crippen LogP) is 8.54. The van der Waals surface area contributed by atoms with Crippen molar-refractivity contribution in [3.8, 4) is 0 Å². The average Bonchev–Trinajstić information content (AvgIpc) is 3.74. The largest absolute Gasteiger partial charge is 0.398 e. The van der Waals surface area contributed by atoms with Gasteiger partial charge >= 0.3 is 12.4 Å². The van der Waals surface area contributed by atoms with Crippen LogP contribution in [0.1, 0.15) is 81.5 Å². The predicted molar refractivity (Wildman–Crippen MR) is 135 cm³/mol. The lowest BCUT2D eigenvalue weighted by atomic mass is 9.81. The van der Waals surface area contributed by atoms with Crippen LogP contribution in [0, 0.1) is 0 Å². The number of aryl methyl sites for hydroxylation is 1. The number of nitrogens with zero attached hydrogens (tertiary/aromatic N) is 1. The summed E-state index contributed by atoms with van der Waals surface area (Å²) < 4.78 is 84.1. The summed E-state index contributed by atoms with van der Waals surface area (Å²) in [6.45, 7) is 7.27. The molecule has 0 radical (unpaired) electrons. The van der Waals surface area contributed by atoms with Gasteiger partial charge in [0.2, 0.25) is 0 Å². The number of halogens is 6. The Kier molecular flexibility index (Phi) is 7.77. The number of hydrogen-bond donors (Lipinski definition) is 0. The summed E-state index contributed by atoms with van der Waals surface area (Å²) in [5.41, 5.74) is -2.61. The van der Waals surface area contributed by atoms with Gasteiger partial charge in [-0.05, 0) is 87.5 Å². The molecule has 0 bridgehead atoms. The minimum Gasteiger partial charge on any atom is -0.298 e. The Morgan fingerprint density at radius 3 is 1.81 bits per heavy atom. The molecule has 1 nitrogen and oxygen atoms in total.